The fourth-order valence-electron chi connectivity index (χ4n) is 1.80. The Balaban J connectivity index is 2.26. The molecule has 1 N–H and O–H groups in total. The van der Waals surface area contributed by atoms with Crippen LogP contribution in [0.4, 0.5) is 30.4 Å². The van der Waals surface area contributed by atoms with Crippen LogP contribution >= 0.6 is 0 Å². The Morgan fingerprint density at radius 2 is 1.84 bits per heavy atom. The second kappa shape index (κ2) is 7.20. The van der Waals surface area contributed by atoms with Crippen molar-refractivity contribution in [3.8, 4) is 11.6 Å². The number of hydrogen-bond donors (Lipinski definition) is 1. The third kappa shape index (κ3) is 5.19. The summed E-state index contributed by atoms with van der Waals surface area (Å²) in [4.78, 5) is 18.1. The molecule has 8 nitrogen and oxygen atoms in total. The van der Waals surface area contributed by atoms with E-state index in [1.807, 2.05) is 0 Å². The number of ether oxygens (including phenoxy) is 2. The van der Waals surface area contributed by atoms with Gasteiger partial charge in [-0.05, 0) is 38.1 Å². The minimum absolute atomic E-state index is 0.153. The lowest BCUT2D eigenvalue weighted by atomic mass is 10.3. The average Bonchev–Trinajstić information content (AvgIpc) is 2.47. The number of hydrogen-bond acceptors (Lipinski definition) is 7. The van der Waals surface area contributed by atoms with E-state index >= 15 is 0 Å². The third-order valence-electron chi connectivity index (χ3n) is 2.67. The average molecular weight is 358 g/mol. The minimum Gasteiger partial charge on any atom is -0.470 e. The Morgan fingerprint density at radius 1 is 1.20 bits per heavy atom. The van der Waals surface area contributed by atoms with Gasteiger partial charge in [-0.3, -0.25) is 10.1 Å². The molecule has 0 aliphatic heterocycles. The first kappa shape index (κ1) is 18.2. The lowest BCUT2D eigenvalue weighted by Crippen LogP contribution is -2.17. The summed E-state index contributed by atoms with van der Waals surface area (Å²) in [5.41, 5.74) is -0.210. The molecule has 0 radical (unpaired) electrons. The van der Waals surface area contributed by atoms with Crippen LogP contribution < -0.4 is 14.8 Å². The van der Waals surface area contributed by atoms with Crippen LogP contribution in [0.1, 0.15) is 13.8 Å². The van der Waals surface area contributed by atoms with Crippen molar-refractivity contribution in [2.75, 3.05) is 5.32 Å². The summed E-state index contributed by atoms with van der Waals surface area (Å²) >= 11 is 0. The van der Waals surface area contributed by atoms with E-state index in [0.717, 1.165) is 18.5 Å². The molecule has 2 aromatic rings. The second-order valence-corrected chi connectivity index (χ2v) is 5.00. The molecule has 0 unspecified atom stereocenters. The Kier molecular flexibility index (Phi) is 5.25. The molecule has 0 spiro atoms. The molecular weight excluding hydrogens is 345 g/mol. The van der Waals surface area contributed by atoms with Gasteiger partial charge in [0.05, 0.1) is 11.0 Å². The van der Waals surface area contributed by atoms with Crippen molar-refractivity contribution >= 4 is 17.2 Å². The smallest absolute Gasteiger partial charge is 0.470 e. The zero-order chi connectivity index (χ0) is 18.6. The van der Waals surface area contributed by atoms with Crippen LogP contribution in [0.15, 0.2) is 30.6 Å². The first-order valence-electron chi connectivity index (χ1n) is 6.94. The molecule has 134 valence electrons. The first-order valence-corrected chi connectivity index (χ1v) is 6.94. The molecule has 0 atom stereocenters. The zero-order valence-electron chi connectivity index (χ0n) is 13.1. The molecule has 1 heterocycles. The first-order chi connectivity index (χ1) is 11.7. The zero-order valence-corrected chi connectivity index (χ0v) is 13.1. The Morgan fingerprint density at radius 3 is 2.36 bits per heavy atom. The van der Waals surface area contributed by atoms with E-state index in [1.54, 1.807) is 13.8 Å². The van der Waals surface area contributed by atoms with Crippen LogP contribution in [0, 0.1) is 10.1 Å². The SMILES string of the molecule is CC(C)Oc1ncnc(Nc2ccc(OC(F)(F)F)cc2)c1[N+](=O)[O-]. The summed E-state index contributed by atoms with van der Waals surface area (Å²) in [6, 6.07) is 4.65. The maximum absolute atomic E-state index is 12.1. The molecular formula is C14H13F3N4O4. The van der Waals surface area contributed by atoms with Crippen molar-refractivity contribution in [2.45, 2.75) is 26.3 Å². The predicted molar refractivity (Wildman–Crippen MR) is 80.9 cm³/mol. The summed E-state index contributed by atoms with van der Waals surface area (Å²) < 4.78 is 45.4. The molecule has 1 aromatic heterocycles. The van der Waals surface area contributed by atoms with E-state index in [-0.39, 0.29) is 23.5 Å². The van der Waals surface area contributed by atoms with Crippen molar-refractivity contribution in [2.24, 2.45) is 0 Å². The van der Waals surface area contributed by atoms with Gasteiger partial charge in [-0.1, -0.05) is 0 Å². The molecule has 0 aliphatic carbocycles. The Labute approximate surface area is 139 Å². The normalized spacial score (nSPS) is 11.3. The molecule has 0 aliphatic rings. The summed E-state index contributed by atoms with van der Waals surface area (Å²) in [6.07, 6.45) is -4.07. The summed E-state index contributed by atoms with van der Waals surface area (Å²) in [5, 5.41) is 13.9. The van der Waals surface area contributed by atoms with Crippen molar-refractivity contribution in [1.82, 2.24) is 9.97 Å². The number of nitrogens with zero attached hydrogens (tertiary/aromatic N) is 3. The second-order valence-electron chi connectivity index (χ2n) is 5.00. The fraction of sp³-hybridized carbons (Fsp3) is 0.286. The van der Waals surface area contributed by atoms with E-state index in [9.17, 15) is 23.3 Å². The molecule has 1 aromatic carbocycles. The van der Waals surface area contributed by atoms with Crippen molar-refractivity contribution in [3.05, 3.63) is 40.7 Å². The van der Waals surface area contributed by atoms with Crippen LogP contribution in [0.2, 0.25) is 0 Å². The monoisotopic (exact) mass is 358 g/mol. The van der Waals surface area contributed by atoms with Crippen LogP contribution in [0.25, 0.3) is 0 Å². The third-order valence-corrected chi connectivity index (χ3v) is 2.67. The predicted octanol–water partition coefficient (Wildman–Crippen LogP) is 3.81. The molecule has 25 heavy (non-hydrogen) atoms. The fourth-order valence-corrected chi connectivity index (χ4v) is 1.80. The number of benzene rings is 1. The number of alkyl halides is 3. The molecule has 0 saturated carbocycles. The van der Waals surface area contributed by atoms with Gasteiger partial charge >= 0.3 is 12.0 Å². The molecule has 0 bridgehead atoms. The van der Waals surface area contributed by atoms with E-state index < -0.39 is 22.7 Å². The highest BCUT2D eigenvalue weighted by atomic mass is 19.4. The lowest BCUT2D eigenvalue weighted by Gasteiger charge is -2.12. The Bertz CT molecular complexity index is 751. The number of anilines is 2. The number of rotatable bonds is 6. The van der Waals surface area contributed by atoms with Gasteiger partial charge in [0.15, 0.2) is 0 Å². The number of nitrogens with one attached hydrogen (secondary N) is 1. The maximum atomic E-state index is 12.1. The summed E-state index contributed by atoms with van der Waals surface area (Å²) in [7, 11) is 0. The van der Waals surface area contributed by atoms with Crippen molar-refractivity contribution in [3.63, 3.8) is 0 Å². The highest BCUT2D eigenvalue weighted by molar-refractivity contribution is 5.68. The van der Waals surface area contributed by atoms with E-state index in [1.165, 1.54) is 12.1 Å². The molecule has 2 rings (SSSR count). The van der Waals surface area contributed by atoms with Gasteiger partial charge in [0.1, 0.15) is 12.1 Å². The quantitative estimate of drug-likeness (QED) is 0.619. The Hall–Kier alpha value is -3.11. The highest BCUT2D eigenvalue weighted by Crippen LogP contribution is 2.33. The molecule has 0 saturated heterocycles. The van der Waals surface area contributed by atoms with Gasteiger partial charge in [-0.15, -0.1) is 13.2 Å². The van der Waals surface area contributed by atoms with Crippen molar-refractivity contribution < 1.29 is 27.6 Å². The van der Waals surface area contributed by atoms with Gasteiger partial charge < -0.3 is 14.8 Å². The van der Waals surface area contributed by atoms with Crippen LogP contribution in [-0.2, 0) is 0 Å². The summed E-state index contributed by atoms with van der Waals surface area (Å²) in [6.45, 7) is 3.36. The topological polar surface area (TPSA) is 99.4 Å². The molecule has 0 amide bonds. The van der Waals surface area contributed by atoms with Gasteiger partial charge in [0.2, 0.25) is 5.82 Å². The molecule has 0 fully saturated rings. The van der Waals surface area contributed by atoms with Crippen molar-refractivity contribution in [1.29, 1.82) is 0 Å². The standard InChI is InChI=1S/C14H13F3N4O4/c1-8(2)24-13-11(21(22)23)12(18-7-19-13)20-9-3-5-10(6-4-9)25-14(15,16)17/h3-8H,1-2H3,(H,18,19,20). The van der Waals surface area contributed by atoms with E-state index in [4.69, 9.17) is 4.74 Å². The van der Waals surface area contributed by atoms with Gasteiger partial charge in [-0.2, -0.15) is 4.98 Å². The van der Waals surface area contributed by atoms with Gasteiger partial charge in [0, 0.05) is 5.69 Å². The number of aromatic nitrogens is 2. The largest absolute Gasteiger partial charge is 0.573 e. The summed E-state index contributed by atoms with van der Waals surface area (Å²) in [5.74, 6) is -0.784. The van der Waals surface area contributed by atoms with Crippen LogP contribution in [-0.4, -0.2) is 27.4 Å². The molecule has 11 heteroatoms. The maximum Gasteiger partial charge on any atom is 0.573 e. The highest BCUT2D eigenvalue weighted by Gasteiger charge is 2.31. The lowest BCUT2D eigenvalue weighted by molar-refractivity contribution is -0.385. The van der Waals surface area contributed by atoms with E-state index in [2.05, 4.69) is 20.0 Å². The van der Waals surface area contributed by atoms with Crippen LogP contribution in [0.5, 0.6) is 11.6 Å². The minimum atomic E-state index is -4.80. The van der Waals surface area contributed by atoms with Crippen LogP contribution in [0.3, 0.4) is 0 Å². The number of halogens is 3. The number of nitro groups is 1. The van der Waals surface area contributed by atoms with E-state index in [0.29, 0.717) is 0 Å². The van der Waals surface area contributed by atoms with Gasteiger partial charge in [-0.25, -0.2) is 4.98 Å². The van der Waals surface area contributed by atoms with Gasteiger partial charge in [0.25, 0.3) is 5.88 Å².